The lowest BCUT2D eigenvalue weighted by Crippen LogP contribution is -2.57. The molecule has 0 unspecified atom stereocenters. The van der Waals surface area contributed by atoms with E-state index in [2.05, 4.69) is 249 Å². The normalized spacial score (nSPS) is 13.6. The number of benzene rings is 10. The summed E-state index contributed by atoms with van der Waals surface area (Å²) in [5.41, 5.74) is 23.9. The largest absolute Gasteiger partial charge is 0.456 e. The summed E-state index contributed by atoms with van der Waals surface area (Å²) < 4.78 is 12.5. The third kappa shape index (κ3) is 5.46. The van der Waals surface area contributed by atoms with Gasteiger partial charge in [0.15, 0.2) is 0 Å². The predicted molar refractivity (Wildman–Crippen MR) is 310 cm³/mol. The monoisotopic (exact) mass is 935 g/mol. The van der Waals surface area contributed by atoms with Crippen molar-refractivity contribution >= 4 is 117 Å². The SMILES string of the molecule is CC(C)(C)c1cc(N2c3cc4oc5ccccc5c4c4c3B(c3c2cc2c5ccccc5n5c6ccccc6c3c25)n2c3ccc(-c5ccccc5)cc3c3cc(-c5ccccc5)cc-4c32)cc(C(C)(C)C)c1. The third-order valence-corrected chi connectivity index (χ3v) is 16.7. The lowest BCUT2D eigenvalue weighted by atomic mass is 9.44. The Labute approximate surface area is 423 Å². The molecule has 4 nitrogen and oxygen atoms in total. The smallest absolute Gasteiger partial charge is 0.333 e. The molecule has 0 N–H and O–H groups in total. The fourth-order valence-electron chi connectivity index (χ4n) is 13.3. The van der Waals surface area contributed by atoms with Gasteiger partial charge in [0.1, 0.15) is 11.2 Å². The summed E-state index contributed by atoms with van der Waals surface area (Å²) in [6.07, 6.45) is 0. The average Bonchev–Trinajstić information content (AvgIpc) is 4.15. The zero-order valence-electron chi connectivity index (χ0n) is 41.8. The summed E-state index contributed by atoms with van der Waals surface area (Å²) in [7, 11) is 0. The Morgan fingerprint density at radius 2 is 0.986 bits per heavy atom. The van der Waals surface area contributed by atoms with E-state index in [1.807, 2.05) is 0 Å². The van der Waals surface area contributed by atoms with Gasteiger partial charge in [0.25, 0.3) is 0 Å². The van der Waals surface area contributed by atoms with E-state index in [4.69, 9.17) is 4.42 Å². The van der Waals surface area contributed by atoms with Crippen LogP contribution >= 0.6 is 0 Å². The molecule has 0 bridgehead atoms. The lowest BCUT2D eigenvalue weighted by molar-refractivity contribution is 0.569. The lowest BCUT2D eigenvalue weighted by Gasteiger charge is -2.42. The molecule has 2 aliphatic rings. The number of rotatable bonds is 3. The minimum atomic E-state index is -0.211. The first-order valence-corrected chi connectivity index (χ1v) is 25.9. The molecule has 0 aliphatic carbocycles. The first-order chi connectivity index (χ1) is 35.5. The maximum absolute atomic E-state index is 7.15. The number of para-hydroxylation sites is 3. The van der Waals surface area contributed by atoms with Gasteiger partial charge in [-0.25, -0.2) is 0 Å². The summed E-state index contributed by atoms with van der Waals surface area (Å²) in [5, 5.41) is 9.92. The van der Waals surface area contributed by atoms with Crippen molar-refractivity contribution in [3.05, 3.63) is 205 Å². The number of hydrogen-bond donors (Lipinski definition) is 0. The van der Waals surface area contributed by atoms with Crippen molar-refractivity contribution in [2.45, 2.75) is 52.4 Å². The van der Waals surface area contributed by atoms with Crippen LogP contribution in [0.5, 0.6) is 0 Å². The molecule has 346 valence electrons. The highest BCUT2D eigenvalue weighted by atomic mass is 16.3. The second-order valence-corrected chi connectivity index (χ2v) is 22.9. The van der Waals surface area contributed by atoms with Crippen LogP contribution in [0.4, 0.5) is 17.1 Å². The van der Waals surface area contributed by atoms with Crippen LogP contribution in [0.2, 0.25) is 0 Å². The van der Waals surface area contributed by atoms with Crippen molar-refractivity contribution in [2.75, 3.05) is 4.90 Å². The fourth-order valence-corrected chi connectivity index (χ4v) is 13.3. The summed E-state index contributed by atoms with van der Waals surface area (Å²) in [4.78, 5) is 2.65. The van der Waals surface area contributed by atoms with E-state index >= 15 is 0 Å². The van der Waals surface area contributed by atoms with Crippen molar-refractivity contribution < 1.29 is 4.42 Å². The summed E-state index contributed by atoms with van der Waals surface area (Å²) >= 11 is 0. The van der Waals surface area contributed by atoms with Crippen LogP contribution in [0.25, 0.3) is 115 Å². The van der Waals surface area contributed by atoms with Crippen LogP contribution in [-0.4, -0.2) is 15.7 Å². The van der Waals surface area contributed by atoms with Crippen molar-refractivity contribution in [1.82, 2.24) is 8.88 Å². The number of furan rings is 1. The maximum Gasteiger partial charge on any atom is 0.333 e. The van der Waals surface area contributed by atoms with Crippen LogP contribution in [-0.2, 0) is 10.8 Å². The number of anilines is 3. The highest BCUT2D eigenvalue weighted by Gasteiger charge is 2.47. The van der Waals surface area contributed by atoms with E-state index in [1.165, 1.54) is 126 Å². The van der Waals surface area contributed by atoms with Crippen molar-refractivity contribution in [3.8, 4) is 33.4 Å². The quantitative estimate of drug-likeness (QED) is 0.165. The first-order valence-electron chi connectivity index (χ1n) is 25.9. The van der Waals surface area contributed by atoms with Gasteiger partial charge in [0, 0.05) is 82.8 Å². The van der Waals surface area contributed by atoms with Crippen molar-refractivity contribution in [1.29, 1.82) is 0 Å². The molecule has 0 saturated heterocycles. The summed E-state index contributed by atoms with van der Waals surface area (Å²) in [5.74, 6) is 0. The Hall–Kier alpha value is -8.54. The van der Waals surface area contributed by atoms with Gasteiger partial charge in [-0.2, -0.15) is 0 Å². The van der Waals surface area contributed by atoms with E-state index in [-0.39, 0.29) is 17.7 Å². The number of nitrogens with zero attached hydrogens (tertiary/aromatic N) is 3. The Kier molecular flexibility index (Phi) is 7.95. The molecule has 10 aromatic carbocycles. The van der Waals surface area contributed by atoms with Crippen molar-refractivity contribution in [3.63, 3.8) is 0 Å². The average molecular weight is 936 g/mol. The number of hydrogen-bond acceptors (Lipinski definition) is 2. The topological polar surface area (TPSA) is 25.7 Å². The highest BCUT2D eigenvalue weighted by Crippen LogP contribution is 2.53. The van der Waals surface area contributed by atoms with Crippen LogP contribution in [0.1, 0.15) is 52.7 Å². The van der Waals surface area contributed by atoms with Gasteiger partial charge in [-0.1, -0.05) is 169 Å². The van der Waals surface area contributed by atoms with Crippen LogP contribution in [0.3, 0.4) is 0 Å². The summed E-state index contributed by atoms with van der Waals surface area (Å²) in [6.45, 7) is 13.9. The van der Waals surface area contributed by atoms with Crippen LogP contribution in [0, 0.1) is 0 Å². The van der Waals surface area contributed by atoms with Gasteiger partial charge < -0.3 is 18.2 Å². The molecule has 5 heteroatoms. The van der Waals surface area contributed by atoms with Gasteiger partial charge in [-0.05, 0) is 121 Å². The Morgan fingerprint density at radius 3 is 1.70 bits per heavy atom. The number of aromatic nitrogens is 2. The van der Waals surface area contributed by atoms with Gasteiger partial charge in [-0.15, -0.1) is 0 Å². The molecule has 16 rings (SSSR count). The molecule has 0 saturated carbocycles. The molecule has 14 aromatic rings. The molecule has 0 spiro atoms. The Balaban J connectivity index is 1.17. The fraction of sp³-hybridized carbons (Fsp3) is 0.118. The van der Waals surface area contributed by atoms with E-state index < -0.39 is 0 Å². The summed E-state index contributed by atoms with van der Waals surface area (Å²) in [6, 6.07) is 73.2. The van der Waals surface area contributed by atoms with Gasteiger partial charge in [0.2, 0.25) is 0 Å². The van der Waals surface area contributed by atoms with Crippen molar-refractivity contribution in [2.24, 2.45) is 0 Å². The van der Waals surface area contributed by atoms with Gasteiger partial charge in [-0.3, -0.25) is 0 Å². The molecule has 0 radical (unpaired) electrons. The molecular formula is C68H50BN3O. The zero-order chi connectivity index (χ0) is 48.8. The van der Waals surface area contributed by atoms with Crippen LogP contribution < -0.4 is 15.8 Å². The standard InChI is InChI=1S/C68H50BN3O/c1-67(2,3)43-34-44(68(4,5)6)36-45(35-43)70-56-37-51-46-23-13-16-26-53(46)71-54-27-17-14-24-47(54)62(66(51)71)64(56)69-63-57(70)38-59-60(48-25-15-18-28-58(48)73-59)61(63)52-33-42(40-21-11-8-12-22-40)32-50-49-31-41(39-19-9-7-10-20-39)29-30-55(49)72(69)65(50)52/h7-38H,1-6H3. The molecule has 73 heavy (non-hydrogen) atoms. The second-order valence-electron chi connectivity index (χ2n) is 22.9. The van der Waals surface area contributed by atoms with E-state index in [0.717, 1.165) is 27.9 Å². The zero-order valence-corrected chi connectivity index (χ0v) is 41.8. The maximum atomic E-state index is 7.15. The molecule has 4 aromatic heterocycles. The van der Waals surface area contributed by atoms with Crippen LogP contribution in [0.15, 0.2) is 199 Å². The number of fused-ring (bicyclic) bond motifs is 18. The minimum absolute atomic E-state index is 0.106. The predicted octanol–water partition coefficient (Wildman–Crippen LogP) is 17.2. The minimum Gasteiger partial charge on any atom is -0.456 e. The molecule has 0 fully saturated rings. The van der Waals surface area contributed by atoms with E-state index in [1.54, 1.807) is 0 Å². The molecule has 0 atom stereocenters. The Morgan fingerprint density at radius 1 is 0.397 bits per heavy atom. The highest BCUT2D eigenvalue weighted by molar-refractivity contribution is 6.92. The van der Waals surface area contributed by atoms with E-state index in [9.17, 15) is 0 Å². The molecular weight excluding hydrogens is 886 g/mol. The van der Waals surface area contributed by atoms with E-state index in [0.29, 0.717) is 0 Å². The second kappa shape index (κ2) is 14.1. The third-order valence-electron chi connectivity index (χ3n) is 16.7. The first kappa shape index (κ1) is 41.1. The van der Waals surface area contributed by atoms with Gasteiger partial charge in [0.05, 0.1) is 16.6 Å². The molecule has 0 amide bonds. The molecule has 2 aliphatic heterocycles. The molecule has 6 heterocycles. The van der Waals surface area contributed by atoms with Gasteiger partial charge >= 0.3 is 6.85 Å². The Bertz CT molecular complexity index is 4660.